The van der Waals surface area contributed by atoms with E-state index in [1.54, 1.807) is 6.07 Å². The van der Waals surface area contributed by atoms with Gasteiger partial charge >= 0.3 is 0 Å². The summed E-state index contributed by atoms with van der Waals surface area (Å²) in [5.74, 6) is 7.43. The summed E-state index contributed by atoms with van der Waals surface area (Å²) >= 11 is 0. The Morgan fingerprint density at radius 3 is 2.69 bits per heavy atom. The first-order valence-electron chi connectivity index (χ1n) is 5.40. The van der Waals surface area contributed by atoms with E-state index in [0.29, 0.717) is 11.6 Å². The number of aromatic nitrogens is 2. The minimum Gasteiger partial charge on any atom is -0.369 e. The lowest BCUT2D eigenvalue weighted by molar-refractivity contribution is 0.367. The fraction of sp³-hybridized carbons (Fsp3) is 0.600. The van der Waals surface area contributed by atoms with Crippen molar-refractivity contribution in [1.82, 2.24) is 14.9 Å². The Balaban J connectivity index is 2.50. The summed E-state index contributed by atoms with van der Waals surface area (Å²) in [5.41, 5.74) is 2.52. The second-order valence-corrected chi connectivity index (χ2v) is 3.65. The first kappa shape index (κ1) is 12.7. The number of hydrogen-bond donors (Lipinski definition) is 3. The van der Waals surface area contributed by atoms with Crippen LogP contribution in [0, 0.1) is 6.92 Å². The van der Waals surface area contributed by atoms with Crippen LogP contribution in [0.3, 0.4) is 0 Å². The molecule has 1 rings (SSSR count). The standard InChI is InChI=1S/C10H20N6/c1-4-16(3)6-5-12-9-7-10(15-11)14-8(2)13-9/h7H,4-6,11H2,1-3H3,(H2,12,13,14,15). The van der Waals surface area contributed by atoms with E-state index >= 15 is 0 Å². The maximum atomic E-state index is 5.31. The molecule has 16 heavy (non-hydrogen) atoms. The highest BCUT2D eigenvalue weighted by Crippen LogP contribution is 2.09. The highest BCUT2D eigenvalue weighted by molar-refractivity contribution is 5.46. The molecule has 0 bridgehead atoms. The van der Waals surface area contributed by atoms with Crippen LogP contribution in [-0.4, -0.2) is 41.5 Å². The summed E-state index contributed by atoms with van der Waals surface area (Å²) in [7, 11) is 2.08. The SMILES string of the molecule is CCN(C)CCNc1cc(NN)nc(C)n1. The van der Waals surface area contributed by atoms with E-state index in [4.69, 9.17) is 5.84 Å². The molecule has 0 saturated heterocycles. The molecule has 0 aliphatic carbocycles. The van der Waals surface area contributed by atoms with Crippen molar-refractivity contribution in [2.75, 3.05) is 37.4 Å². The molecule has 0 atom stereocenters. The average molecular weight is 224 g/mol. The molecule has 0 aliphatic heterocycles. The molecule has 0 saturated carbocycles. The Kier molecular flexibility index (Phi) is 4.94. The number of likely N-dealkylation sites (N-methyl/N-ethyl adjacent to an activating group) is 1. The molecule has 6 nitrogen and oxygen atoms in total. The molecule has 4 N–H and O–H groups in total. The van der Waals surface area contributed by atoms with Crippen molar-refractivity contribution < 1.29 is 0 Å². The fourth-order valence-corrected chi connectivity index (χ4v) is 1.27. The smallest absolute Gasteiger partial charge is 0.145 e. The van der Waals surface area contributed by atoms with Crippen molar-refractivity contribution in [2.24, 2.45) is 5.84 Å². The lowest BCUT2D eigenvalue weighted by Gasteiger charge is -2.14. The Morgan fingerprint density at radius 2 is 2.06 bits per heavy atom. The minimum atomic E-state index is 0.624. The zero-order chi connectivity index (χ0) is 12.0. The van der Waals surface area contributed by atoms with E-state index in [-0.39, 0.29) is 0 Å². The van der Waals surface area contributed by atoms with Gasteiger partial charge in [0.05, 0.1) is 0 Å². The number of nitrogen functional groups attached to an aromatic ring is 1. The number of rotatable bonds is 6. The lowest BCUT2D eigenvalue weighted by Crippen LogP contribution is -2.25. The van der Waals surface area contributed by atoms with E-state index in [0.717, 1.165) is 25.5 Å². The van der Waals surface area contributed by atoms with Gasteiger partial charge in [-0.05, 0) is 20.5 Å². The van der Waals surface area contributed by atoms with Gasteiger partial charge in [0, 0.05) is 19.2 Å². The van der Waals surface area contributed by atoms with Crippen LogP contribution >= 0.6 is 0 Å². The lowest BCUT2D eigenvalue weighted by atomic mass is 10.4. The number of nitrogens with one attached hydrogen (secondary N) is 2. The van der Waals surface area contributed by atoms with E-state index in [9.17, 15) is 0 Å². The summed E-state index contributed by atoms with van der Waals surface area (Å²) in [5, 5.41) is 3.24. The van der Waals surface area contributed by atoms with Crippen LogP contribution in [0.5, 0.6) is 0 Å². The van der Waals surface area contributed by atoms with Crippen LogP contribution in [0.25, 0.3) is 0 Å². The average Bonchev–Trinajstić information content (AvgIpc) is 2.28. The second-order valence-electron chi connectivity index (χ2n) is 3.65. The quantitative estimate of drug-likeness (QED) is 0.480. The molecule has 0 amide bonds. The van der Waals surface area contributed by atoms with Crippen LogP contribution in [0.15, 0.2) is 6.07 Å². The third-order valence-electron chi connectivity index (χ3n) is 2.33. The molecule has 0 unspecified atom stereocenters. The molecular weight excluding hydrogens is 204 g/mol. The molecule has 6 heteroatoms. The van der Waals surface area contributed by atoms with E-state index in [2.05, 4.69) is 39.6 Å². The van der Waals surface area contributed by atoms with Gasteiger partial charge in [-0.15, -0.1) is 0 Å². The zero-order valence-corrected chi connectivity index (χ0v) is 10.1. The Hall–Kier alpha value is -1.40. The number of hydrazine groups is 1. The molecule has 90 valence electrons. The van der Waals surface area contributed by atoms with Gasteiger partial charge in [0.2, 0.25) is 0 Å². The summed E-state index contributed by atoms with van der Waals surface area (Å²) < 4.78 is 0. The van der Waals surface area contributed by atoms with Crippen LogP contribution in [0.4, 0.5) is 11.6 Å². The molecule has 0 aromatic carbocycles. The predicted molar refractivity (Wildman–Crippen MR) is 66.2 cm³/mol. The van der Waals surface area contributed by atoms with Gasteiger partial charge in [0.1, 0.15) is 17.5 Å². The van der Waals surface area contributed by atoms with Crippen molar-refractivity contribution >= 4 is 11.6 Å². The largest absolute Gasteiger partial charge is 0.369 e. The van der Waals surface area contributed by atoms with E-state index in [1.165, 1.54) is 0 Å². The normalized spacial score (nSPS) is 10.6. The third kappa shape index (κ3) is 4.00. The first-order valence-corrected chi connectivity index (χ1v) is 5.40. The number of hydrogen-bond acceptors (Lipinski definition) is 6. The van der Waals surface area contributed by atoms with Gasteiger partial charge in [-0.25, -0.2) is 15.8 Å². The van der Waals surface area contributed by atoms with Crippen molar-refractivity contribution in [3.05, 3.63) is 11.9 Å². The van der Waals surface area contributed by atoms with Gasteiger partial charge in [-0.1, -0.05) is 6.92 Å². The number of anilines is 2. The topological polar surface area (TPSA) is 79.1 Å². The van der Waals surface area contributed by atoms with Gasteiger partial charge in [0.15, 0.2) is 0 Å². The molecule has 1 aromatic rings. The predicted octanol–water partition coefficient (Wildman–Crippen LogP) is 0.434. The maximum Gasteiger partial charge on any atom is 0.145 e. The number of nitrogens with two attached hydrogens (primary N) is 1. The molecule has 0 radical (unpaired) electrons. The van der Waals surface area contributed by atoms with Crippen LogP contribution in [0.1, 0.15) is 12.7 Å². The Labute approximate surface area is 96.2 Å². The third-order valence-corrected chi connectivity index (χ3v) is 2.33. The van der Waals surface area contributed by atoms with Gasteiger partial charge in [0.25, 0.3) is 0 Å². The first-order chi connectivity index (χ1) is 7.65. The molecule has 0 fully saturated rings. The monoisotopic (exact) mass is 224 g/mol. The summed E-state index contributed by atoms with van der Waals surface area (Å²) in [4.78, 5) is 10.6. The van der Waals surface area contributed by atoms with Crippen molar-refractivity contribution in [3.8, 4) is 0 Å². The van der Waals surface area contributed by atoms with Gasteiger partial charge in [-0.2, -0.15) is 0 Å². The number of nitrogens with zero attached hydrogens (tertiary/aromatic N) is 3. The summed E-state index contributed by atoms with van der Waals surface area (Å²) in [6.07, 6.45) is 0. The van der Waals surface area contributed by atoms with Crippen molar-refractivity contribution in [3.63, 3.8) is 0 Å². The maximum absolute atomic E-state index is 5.31. The Morgan fingerprint density at radius 1 is 1.38 bits per heavy atom. The van der Waals surface area contributed by atoms with E-state index in [1.807, 2.05) is 6.92 Å². The van der Waals surface area contributed by atoms with Gasteiger partial charge < -0.3 is 15.6 Å². The Bertz CT molecular complexity index is 327. The summed E-state index contributed by atoms with van der Waals surface area (Å²) in [6, 6.07) is 1.79. The molecule has 0 spiro atoms. The van der Waals surface area contributed by atoms with Crippen LogP contribution in [-0.2, 0) is 0 Å². The highest BCUT2D eigenvalue weighted by atomic mass is 15.3. The van der Waals surface area contributed by atoms with Gasteiger partial charge in [-0.3, -0.25) is 0 Å². The second kappa shape index (κ2) is 6.24. The molecular formula is C10H20N6. The zero-order valence-electron chi connectivity index (χ0n) is 10.1. The van der Waals surface area contributed by atoms with Crippen molar-refractivity contribution in [2.45, 2.75) is 13.8 Å². The number of aryl methyl sites for hydroxylation is 1. The minimum absolute atomic E-state index is 0.624. The van der Waals surface area contributed by atoms with Crippen LogP contribution < -0.4 is 16.6 Å². The summed E-state index contributed by atoms with van der Waals surface area (Å²) in [6.45, 7) is 6.84. The van der Waals surface area contributed by atoms with Crippen molar-refractivity contribution in [1.29, 1.82) is 0 Å². The van der Waals surface area contributed by atoms with E-state index < -0.39 is 0 Å². The molecule has 1 aromatic heterocycles. The molecule has 1 heterocycles. The molecule has 0 aliphatic rings. The highest BCUT2D eigenvalue weighted by Gasteiger charge is 2.00. The van der Waals surface area contributed by atoms with Crippen LogP contribution in [0.2, 0.25) is 0 Å². The fourth-order valence-electron chi connectivity index (χ4n) is 1.27.